The molecule has 0 fully saturated rings. The van der Waals surface area contributed by atoms with Crippen LogP contribution in [-0.2, 0) is 0 Å². The molecule has 0 aromatic rings. The van der Waals surface area contributed by atoms with Crippen molar-refractivity contribution in [1.82, 2.24) is 0 Å². The van der Waals surface area contributed by atoms with Gasteiger partial charge in [0.25, 0.3) is 0 Å². The van der Waals surface area contributed by atoms with Crippen LogP contribution in [-0.4, -0.2) is 38.6 Å². The van der Waals surface area contributed by atoms with Crippen LogP contribution in [0.25, 0.3) is 0 Å². The number of halogens is 7. The summed E-state index contributed by atoms with van der Waals surface area (Å²) in [6, 6.07) is 0. The Balaban J connectivity index is 3.92. The van der Waals surface area contributed by atoms with Gasteiger partial charge in [-0.25, -0.2) is 0 Å². The molecule has 5 atom stereocenters. The maximum absolute atomic E-state index is 6.16. The van der Waals surface area contributed by atoms with Crippen molar-refractivity contribution in [2.24, 2.45) is 0 Å². The second-order valence-corrected chi connectivity index (χ2v) is 7.12. The molecule has 17 heavy (non-hydrogen) atoms. The van der Waals surface area contributed by atoms with E-state index in [0.717, 1.165) is 19.3 Å². The third-order valence-corrected chi connectivity index (χ3v) is 6.15. The van der Waals surface area contributed by atoms with E-state index in [2.05, 4.69) is 0 Å². The summed E-state index contributed by atoms with van der Waals surface area (Å²) >= 11 is 41.4. The minimum atomic E-state index is -0.446. The van der Waals surface area contributed by atoms with Crippen molar-refractivity contribution in [2.45, 2.75) is 46.1 Å². The Kier molecular flexibility index (Phi) is 12.1. The van der Waals surface area contributed by atoms with E-state index in [9.17, 15) is 0 Å². The van der Waals surface area contributed by atoms with E-state index in [1.165, 1.54) is 0 Å². The first-order valence-electron chi connectivity index (χ1n) is 5.26. The predicted molar refractivity (Wildman–Crippen MR) is 83.5 cm³/mol. The number of hydrogen-bond acceptors (Lipinski definition) is 0. The zero-order chi connectivity index (χ0) is 13.4. The fraction of sp³-hybridized carbons (Fsp3) is 1.00. The van der Waals surface area contributed by atoms with E-state index in [4.69, 9.17) is 81.2 Å². The Morgan fingerprint density at radius 1 is 0.647 bits per heavy atom. The Hall–Kier alpha value is 2.03. The van der Waals surface area contributed by atoms with Crippen molar-refractivity contribution in [3.8, 4) is 0 Å². The van der Waals surface area contributed by atoms with E-state index in [0.29, 0.717) is 5.88 Å². The van der Waals surface area contributed by atoms with Crippen LogP contribution in [0.4, 0.5) is 0 Å². The molecule has 104 valence electrons. The maximum Gasteiger partial charge on any atom is 0.0689 e. The normalized spacial score (nSPS) is 20.6. The quantitative estimate of drug-likeness (QED) is 0.450. The molecule has 0 aliphatic carbocycles. The molecule has 0 spiro atoms. The minimum absolute atomic E-state index is 0.0234. The first-order chi connectivity index (χ1) is 7.93. The molecule has 7 heteroatoms. The van der Waals surface area contributed by atoms with Crippen LogP contribution in [0.1, 0.15) is 19.3 Å². The lowest BCUT2D eigenvalue weighted by molar-refractivity contribution is 0.606. The summed E-state index contributed by atoms with van der Waals surface area (Å²) in [7, 11) is 0. The van der Waals surface area contributed by atoms with Gasteiger partial charge in [-0.1, -0.05) is 6.42 Å². The van der Waals surface area contributed by atoms with Crippen molar-refractivity contribution >= 4 is 81.2 Å². The van der Waals surface area contributed by atoms with Gasteiger partial charge in [-0.05, 0) is 12.8 Å². The standard InChI is InChI=1S/C10H15Cl7/c11-4-6(13)2-1-3-7(14)9(16)10(17)8(15)5-12/h6-10H,1-5H2. The van der Waals surface area contributed by atoms with E-state index < -0.39 is 10.8 Å². The minimum Gasteiger partial charge on any atom is -0.125 e. The molecule has 0 saturated carbocycles. The van der Waals surface area contributed by atoms with Gasteiger partial charge in [0.05, 0.1) is 21.5 Å². The molecule has 0 aromatic heterocycles. The van der Waals surface area contributed by atoms with Crippen LogP contribution in [0.3, 0.4) is 0 Å². The molecule has 0 nitrogen and oxygen atoms in total. The van der Waals surface area contributed by atoms with Crippen molar-refractivity contribution in [3.05, 3.63) is 0 Å². The Bertz CT molecular complexity index is 189. The zero-order valence-corrected chi connectivity index (χ0v) is 14.4. The number of alkyl halides is 7. The lowest BCUT2D eigenvalue weighted by Crippen LogP contribution is -2.33. The van der Waals surface area contributed by atoms with Gasteiger partial charge in [0.1, 0.15) is 0 Å². The Morgan fingerprint density at radius 2 is 1.18 bits per heavy atom. The van der Waals surface area contributed by atoms with Crippen LogP contribution in [0.15, 0.2) is 0 Å². The zero-order valence-electron chi connectivity index (χ0n) is 9.07. The highest BCUT2D eigenvalue weighted by molar-refractivity contribution is 6.39. The molecule has 0 heterocycles. The molecule has 0 amide bonds. The first kappa shape index (κ1) is 19.0. The maximum atomic E-state index is 6.16. The third-order valence-electron chi connectivity index (χ3n) is 2.31. The van der Waals surface area contributed by atoms with Gasteiger partial charge in [0, 0.05) is 17.1 Å². The van der Waals surface area contributed by atoms with E-state index in [1.54, 1.807) is 0 Å². The second kappa shape index (κ2) is 10.8. The van der Waals surface area contributed by atoms with Crippen molar-refractivity contribution in [2.75, 3.05) is 11.8 Å². The molecule has 5 unspecified atom stereocenters. The highest BCUT2D eigenvalue weighted by Gasteiger charge is 2.29. The fourth-order valence-electron chi connectivity index (χ4n) is 1.25. The van der Waals surface area contributed by atoms with Crippen LogP contribution in [0.2, 0.25) is 0 Å². The molecule has 0 aliphatic heterocycles. The van der Waals surface area contributed by atoms with Gasteiger partial charge in [0.15, 0.2) is 0 Å². The molecule has 0 bridgehead atoms. The lowest BCUT2D eigenvalue weighted by atomic mass is 10.1. The summed E-state index contributed by atoms with van der Waals surface area (Å²) in [6.07, 6.45) is 2.39. The summed E-state index contributed by atoms with van der Waals surface area (Å²) < 4.78 is 0. The van der Waals surface area contributed by atoms with Crippen LogP contribution in [0, 0.1) is 0 Å². The smallest absolute Gasteiger partial charge is 0.0689 e. The first-order valence-corrected chi connectivity index (χ1v) is 8.51. The van der Waals surface area contributed by atoms with Gasteiger partial charge >= 0.3 is 0 Å². The third kappa shape index (κ3) is 8.02. The van der Waals surface area contributed by atoms with Crippen LogP contribution < -0.4 is 0 Å². The summed E-state index contributed by atoms with van der Waals surface area (Å²) in [6.45, 7) is 0. The van der Waals surface area contributed by atoms with Gasteiger partial charge in [0.2, 0.25) is 0 Å². The summed E-state index contributed by atoms with van der Waals surface area (Å²) in [4.78, 5) is 0. The predicted octanol–water partition coefficient (Wildman–Crippen LogP) is 5.67. The monoisotopic (exact) mass is 380 g/mol. The summed E-state index contributed by atoms with van der Waals surface area (Å²) in [5, 5.41) is -1.51. The SMILES string of the molecule is ClCC(Cl)CCCC(Cl)C(Cl)C(Cl)C(Cl)CCl. The second-order valence-electron chi connectivity index (χ2n) is 3.76. The topological polar surface area (TPSA) is 0 Å². The van der Waals surface area contributed by atoms with Gasteiger partial charge in [-0.15, -0.1) is 81.2 Å². The van der Waals surface area contributed by atoms with E-state index >= 15 is 0 Å². The molecule has 0 rings (SSSR count). The summed E-state index contributed by atoms with van der Waals surface area (Å²) in [5.41, 5.74) is 0. The van der Waals surface area contributed by atoms with Crippen LogP contribution in [0.5, 0.6) is 0 Å². The van der Waals surface area contributed by atoms with Gasteiger partial charge in [-0.2, -0.15) is 0 Å². The Morgan fingerprint density at radius 3 is 1.65 bits per heavy atom. The largest absolute Gasteiger partial charge is 0.125 e. The molecular weight excluding hydrogens is 368 g/mol. The number of rotatable bonds is 9. The molecular formula is C10H15Cl7. The molecule has 0 aliphatic rings. The molecule has 0 saturated heterocycles. The lowest BCUT2D eigenvalue weighted by Gasteiger charge is -2.23. The molecule has 0 N–H and O–H groups in total. The fourth-order valence-corrected chi connectivity index (χ4v) is 3.03. The van der Waals surface area contributed by atoms with Crippen LogP contribution >= 0.6 is 81.2 Å². The van der Waals surface area contributed by atoms with E-state index in [1.807, 2.05) is 0 Å². The highest BCUT2D eigenvalue weighted by atomic mass is 35.5. The molecule has 0 radical (unpaired) electrons. The average Bonchev–Trinajstić information content (AvgIpc) is 2.35. The van der Waals surface area contributed by atoms with Gasteiger partial charge in [-0.3, -0.25) is 0 Å². The summed E-state index contributed by atoms with van der Waals surface area (Å²) in [5.74, 6) is 0.686. The highest BCUT2D eigenvalue weighted by Crippen LogP contribution is 2.28. The van der Waals surface area contributed by atoms with Crippen molar-refractivity contribution in [1.29, 1.82) is 0 Å². The average molecular weight is 383 g/mol. The molecule has 0 aromatic carbocycles. The van der Waals surface area contributed by atoms with Crippen molar-refractivity contribution in [3.63, 3.8) is 0 Å². The number of hydrogen-bond donors (Lipinski definition) is 0. The van der Waals surface area contributed by atoms with E-state index in [-0.39, 0.29) is 22.0 Å². The van der Waals surface area contributed by atoms with Gasteiger partial charge < -0.3 is 0 Å². The Labute approximate surface area is 138 Å². The van der Waals surface area contributed by atoms with Crippen molar-refractivity contribution < 1.29 is 0 Å².